The van der Waals surface area contributed by atoms with E-state index in [1.807, 2.05) is 24.3 Å². The molecule has 1 aromatic rings. The second-order valence-electron chi connectivity index (χ2n) is 3.61. The highest BCUT2D eigenvalue weighted by Crippen LogP contribution is 2.26. The SMILES string of the molecule is CC/C=C/c1ccc(OCOC)cc1OCOC. The number of benzene rings is 1. The van der Waals surface area contributed by atoms with Gasteiger partial charge >= 0.3 is 0 Å². The van der Waals surface area contributed by atoms with E-state index < -0.39 is 0 Å². The number of methoxy groups -OCH3 is 2. The molecule has 1 aromatic carbocycles. The molecule has 0 radical (unpaired) electrons. The van der Waals surface area contributed by atoms with Gasteiger partial charge in [0.25, 0.3) is 0 Å². The molecule has 4 heteroatoms. The van der Waals surface area contributed by atoms with E-state index in [2.05, 4.69) is 13.0 Å². The summed E-state index contributed by atoms with van der Waals surface area (Å²) in [6, 6.07) is 5.66. The molecule has 4 nitrogen and oxygen atoms in total. The zero-order chi connectivity index (χ0) is 13.2. The molecule has 0 saturated heterocycles. The Morgan fingerprint density at radius 3 is 2.44 bits per heavy atom. The van der Waals surface area contributed by atoms with Gasteiger partial charge in [-0.2, -0.15) is 0 Å². The van der Waals surface area contributed by atoms with Crippen LogP contribution in [0.2, 0.25) is 0 Å². The van der Waals surface area contributed by atoms with Gasteiger partial charge in [-0.05, 0) is 18.6 Å². The van der Waals surface area contributed by atoms with Gasteiger partial charge in [-0.1, -0.05) is 19.1 Å². The van der Waals surface area contributed by atoms with E-state index in [1.165, 1.54) is 0 Å². The average Bonchev–Trinajstić information content (AvgIpc) is 2.41. The van der Waals surface area contributed by atoms with Crippen LogP contribution in [0.3, 0.4) is 0 Å². The standard InChI is InChI=1S/C14H20O4/c1-4-5-6-12-7-8-13(17-10-15-2)9-14(12)18-11-16-3/h5-9H,4,10-11H2,1-3H3/b6-5+. The Labute approximate surface area is 108 Å². The molecular weight excluding hydrogens is 232 g/mol. The largest absolute Gasteiger partial charge is 0.467 e. The Kier molecular flexibility index (Phi) is 6.91. The first-order valence-corrected chi connectivity index (χ1v) is 5.85. The predicted octanol–water partition coefficient (Wildman–Crippen LogP) is 3.08. The molecule has 0 aliphatic rings. The maximum absolute atomic E-state index is 5.51. The van der Waals surface area contributed by atoms with E-state index in [0.717, 1.165) is 17.7 Å². The summed E-state index contributed by atoms with van der Waals surface area (Å²) in [5.41, 5.74) is 0.999. The predicted molar refractivity (Wildman–Crippen MR) is 70.8 cm³/mol. The van der Waals surface area contributed by atoms with E-state index in [0.29, 0.717) is 5.75 Å². The van der Waals surface area contributed by atoms with Crippen molar-refractivity contribution in [1.82, 2.24) is 0 Å². The van der Waals surface area contributed by atoms with Gasteiger partial charge in [0.2, 0.25) is 0 Å². The minimum Gasteiger partial charge on any atom is -0.467 e. The lowest BCUT2D eigenvalue weighted by molar-refractivity contribution is 0.0459. The zero-order valence-corrected chi connectivity index (χ0v) is 11.1. The van der Waals surface area contributed by atoms with Gasteiger partial charge < -0.3 is 18.9 Å². The van der Waals surface area contributed by atoms with Crippen LogP contribution in [0.15, 0.2) is 24.3 Å². The van der Waals surface area contributed by atoms with Crippen LogP contribution in [0.25, 0.3) is 6.08 Å². The third-order valence-corrected chi connectivity index (χ3v) is 2.19. The topological polar surface area (TPSA) is 36.9 Å². The summed E-state index contributed by atoms with van der Waals surface area (Å²) < 4.78 is 20.7. The van der Waals surface area contributed by atoms with Crippen LogP contribution >= 0.6 is 0 Å². The molecular formula is C14H20O4. The lowest BCUT2D eigenvalue weighted by Gasteiger charge is -2.11. The molecule has 0 aliphatic carbocycles. The summed E-state index contributed by atoms with van der Waals surface area (Å²) in [4.78, 5) is 0. The van der Waals surface area contributed by atoms with Crippen molar-refractivity contribution in [3.05, 3.63) is 29.8 Å². The molecule has 0 aliphatic heterocycles. The van der Waals surface area contributed by atoms with E-state index in [1.54, 1.807) is 14.2 Å². The second-order valence-corrected chi connectivity index (χ2v) is 3.61. The van der Waals surface area contributed by atoms with Gasteiger partial charge in [0.05, 0.1) is 0 Å². The smallest absolute Gasteiger partial charge is 0.188 e. The van der Waals surface area contributed by atoms with Crippen molar-refractivity contribution in [2.24, 2.45) is 0 Å². The van der Waals surface area contributed by atoms with E-state index >= 15 is 0 Å². The quantitative estimate of drug-likeness (QED) is 0.666. The van der Waals surface area contributed by atoms with Crippen molar-refractivity contribution in [3.63, 3.8) is 0 Å². The van der Waals surface area contributed by atoms with Gasteiger partial charge in [0, 0.05) is 25.8 Å². The highest BCUT2D eigenvalue weighted by atomic mass is 16.7. The molecule has 0 fully saturated rings. The Hall–Kier alpha value is -1.52. The lowest BCUT2D eigenvalue weighted by atomic mass is 10.1. The molecule has 100 valence electrons. The Balaban J connectivity index is 2.85. The Bertz CT molecular complexity index is 374. The first kappa shape index (κ1) is 14.5. The summed E-state index contributed by atoms with van der Waals surface area (Å²) >= 11 is 0. The fourth-order valence-electron chi connectivity index (χ4n) is 1.36. The van der Waals surface area contributed by atoms with Crippen LogP contribution in [0.5, 0.6) is 11.5 Å². The number of hydrogen-bond donors (Lipinski definition) is 0. The summed E-state index contributed by atoms with van der Waals surface area (Å²) in [5, 5.41) is 0. The molecule has 0 atom stereocenters. The van der Waals surface area contributed by atoms with Crippen molar-refractivity contribution in [2.45, 2.75) is 13.3 Å². The van der Waals surface area contributed by atoms with E-state index in [-0.39, 0.29) is 13.6 Å². The fraction of sp³-hybridized carbons (Fsp3) is 0.429. The van der Waals surface area contributed by atoms with E-state index in [9.17, 15) is 0 Å². The molecule has 18 heavy (non-hydrogen) atoms. The maximum Gasteiger partial charge on any atom is 0.188 e. The molecule has 0 saturated carbocycles. The van der Waals surface area contributed by atoms with Crippen molar-refractivity contribution >= 4 is 6.08 Å². The van der Waals surface area contributed by atoms with Crippen LogP contribution in [0, 0.1) is 0 Å². The molecule has 0 aromatic heterocycles. The molecule has 0 amide bonds. The zero-order valence-electron chi connectivity index (χ0n) is 11.1. The highest BCUT2D eigenvalue weighted by Gasteiger charge is 2.04. The normalized spacial score (nSPS) is 10.8. The van der Waals surface area contributed by atoms with Crippen molar-refractivity contribution < 1.29 is 18.9 Å². The van der Waals surface area contributed by atoms with Crippen molar-refractivity contribution in [1.29, 1.82) is 0 Å². The molecule has 1 rings (SSSR count). The van der Waals surface area contributed by atoms with Crippen molar-refractivity contribution in [3.8, 4) is 11.5 Å². The van der Waals surface area contributed by atoms with Crippen LogP contribution in [-0.4, -0.2) is 27.8 Å². The highest BCUT2D eigenvalue weighted by molar-refractivity contribution is 5.59. The summed E-state index contributed by atoms with van der Waals surface area (Å²) in [5.74, 6) is 1.44. The molecule has 0 unspecified atom stereocenters. The molecule has 0 bridgehead atoms. The van der Waals surface area contributed by atoms with Gasteiger partial charge in [-0.15, -0.1) is 0 Å². The summed E-state index contributed by atoms with van der Waals surface area (Å²) in [6.45, 7) is 2.51. The van der Waals surface area contributed by atoms with Crippen molar-refractivity contribution in [2.75, 3.05) is 27.8 Å². The van der Waals surface area contributed by atoms with E-state index in [4.69, 9.17) is 18.9 Å². The molecule has 0 spiro atoms. The van der Waals surface area contributed by atoms with Crippen LogP contribution in [0.1, 0.15) is 18.9 Å². The molecule has 0 heterocycles. The minimum absolute atomic E-state index is 0.209. The second kappa shape index (κ2) is 8.55. The van der Waals surface area contributed by atoms with Gasteiger partial charge in [-0.3, -0.25) is 0 Å². The third-order valence-electron chi connectivity index (χ3n) is 2.19. The number of ether oxygens (including phenoxy) is 4. The number of allylic oxidation sites excluding steroid dienone is 1. The minimum atomic E-state index is 0.209. The molecule has 0 N–H and O–H groups in total. The lowest BCUT2D eigenvalue weighted by Crippen LogP contribution is -2.02. The maximum atomic E-state index is 5.51. The average molecular weight is 252 g/mol. The number of rotatable bonds is 8. The van der Waals surface area contributed by atoms with Crippen LogP contribution < -0.4 is 9.47 Å². The Morgan fingerprint density at radius 2 is 1.78 bits per heavy atom. The first-order valence-electron chi connectivity index (χ1n) is 5.85. The fourth-order valence-corrected chi connectivity index (χ4v) is 1.36. The van der Waals surface area contributed by atoms with Gasteiger partial charge in [0.1, 0.15) is 11.5 Å². The summed E-state index contributed by atoms with van der Waals surface area (Å²) in [6.07, 6.45) is 5.07. The number of hydrogen-bond acceptors (Lipinski definition) is 4. The van der Waals surface area contributed by atoms with Gasteiger partial charge in [0.15, 0.2) is 13.6 Å². The monoisotopic (exact) mass is 252 g/mol. The summed E-state index contributed by atoms with van der Waals surface area (Å²) in [7, 11) is 3.17. The van der Waals surface area contributed by atoms with Crippen LogP contribution in [-0.2, 0) is 9.47 Å². The Morgan fingerprint density at radius 1 is 1.06 bits per heavy atom. The van der Waals surface area contributed by atoms with Crippen LogP contribution in [0.4, 0.5) is 0 Å². The van der Waals surface area contributed by atoms with Gasteiger partial charge in [-0.25, -0.2) is 0 Å². The first-order chi connectivity index (χ1) is 8.81. The third kappa shape index (κ3) is 4.77.